The molecule has 1 saturated carbocycles. The first-order valence-corrected chi connectivity index (χ1v) is 7.36. The fourth-order valence-electron chi connectivity index (χ4n) is 3.77. The highest BCUT2D eigenvalue weighted by Crippen LogP contribution is 2.45. The standard InChI is InChI=1S/C14H21N3O/c1-8-4-12(8)14-16-13(18-17-14)7-9-5-10-2-3-11(6-9)15-10/h8-12,15H,2-7H2,1H3. The van der Waals surface area contributed by atoms with Crippen LogP contribution in [-0.4, -0.2) is 22.2 Å². The molecule has 2 saturated heterocycles. The lowest BCUT2D eigenvalue weighted by molar-refractivity contribution is 0.270. The van der Waals surface area contributed by atoms with Gasteiger partial charge in [-0.3, -0.25) is 0 Å². The van der Waals surface area contributed by atoms with Crippen LogP contribution >= 0.6 is 0 Å². The van der Waals surface area contributed by atoms with Crippen molar-refractivity contribution in [1.82, 2.24) is 15.5 Å². The highest BCUT2D eigenvalue weighted by Gasteiger charge is 2.38. The summed E-state index contributed by atoms with van der Waals surface area (Å²) in [4.78, 5) is 4.59. The Bertz CT molecular complexity index is 432. The molecule has 0 spiro atoms. The Balaban J connectivity index is 1.40. The van der Waals surface area contributed by atoms with E-state index in [0.717, 1.165) is 42.1 Å². The van der Waals surface area contributed by atoms with Crippen LogP contribution in [0.3, 0.4) is 0 Å². The molecule has 1 aromatic heterocycles. The molecule has 4 unspecified atom stereocenters. The average molecular weight is 247 g/mol. The van der Waals surface area contributed by atoms with Gasteiger partial charge < -0.3 is 9.84 Å². The number of fused-ring (bicyclic) bond motifs is 2. The average Bonchev–Trinajstić information content (AvgIpc) is 2.77. The molecular formula is C14H21N3O. The fraction of sp³-hybridized carbons (Fsp3) is 0.857. The Kier molecular flexibility index (Phi) is 2.47. The Hall–Kier alpha value is -0.900. The summed E-state index contributed by atoms with van der Waals surface area (Å²) in [6.45, 7) is 2.26. The number of aromatic nitrogens is 2. The van der Waals surface area contributed by atoms with E-state index in [0.29, 0.717) is 5.92 Å². The van der Waals surface area contributed by atoms with Gasteiger partial charge in [0.25, 0.3) is 0 Å². The molecule has 0 amide bonds. The van der Waals surface area contributed by atoms with Crippen molar-refractivity contribution in [1.29, 1.82) is 0 Å². The van der Waals surface area contributed by atoms with Gasteiger partial charge in [-0.2, -0.15) is 4.98 Å². The van der Waals surface area contributed by atoms with Gasteiger partial charge in [-0.25, -0.2) is 0 Å². The molecule has 0 radical (unpaired) electrons. The van der Waals surface area contributed by atoms with Crippen molar-refractivity contribution in [3.05, 3.63) is 11.7 Å². The van der Waals surface area contributed by atoms with Crippen LogP contribution in [0.1, 0.15) is 56.7 Å². The molecule has 18 heavy (non-hydrogen) atoms. The number of hydrogen-bond donors (Lipinski definition) is 1. The van der Waals surface area contributed by atoms with E-state index in [1.165, 1.54) is 32.1 Å². The van der Waals surface area contributed by atoms with E-state index in [4.69, 9.17) is 4.52 Å². The third-order valence-electron chi connectivity index (χ3n) is 4.96. The molecule has 4 atom stereocenters. The zero-order valence-electron chi connectivity index (χ0n) is 10.9. The first-order valence-electron chi connectivity index (χ1n) is 7.36. The van der Waals surface area contributed by atoms with Crippen molar-refractivity contribution in [2.24, 2.45) is 11.8 Å². The fourth-order valence-corrected chi connectivity index (χ4v) is 3.77. The van der Waals surface area contributed by atoms with Crippen LogP contribution in [0.4, 0.5) is 0 Å². The van der Waals surface area contributed by atoms with E-state index in [-0.39, 0.29) is 0 Å². The molecule has 2 aliphatic heterocycles. The molecule has 1 aliphatic carbocycles. The first-order chi connectivity index (χ1) is 8.78. The van der Waals surface area contributed by atoms with Crippen molar-refractivity contribution in [2.75, 3.05) is 0 Å². The van der Waals surface area contributed by atoms with Crippen LogP contribution in [0.2, 0.25) is 0 Å². The largest absolute Gasteiger partial charge is 0.339 e. The summed E-state index contributed by atoms with van der Waals surface area (Å²) < 4.78 is 5.43. The Labute approximate surface area is 108 Å². The smallest absolute Gasteiger partial charge is 0.226 e. The Morgan fingerprint density at radius 3 is 2.61 bits per heavy atom. The molecule has 1 N–H and O–H groups in total. The van der Waals surface area contributed by atoms with Crippen LogP contribution in [0.5, 0.6) is 0 Å². The van der Waals surface area contributed by atoms with Crippen molar-refractivity contribution in [3.63, 3.8) is 0 Å². The molecule has 3 heterocycles. The van der Waals surface area contributed by atoms with Crippen LogP contribution in [0, 0.1) is 11.8 Å². The van der Waals surface area contributed by atoms with Gasteiger partial charge in [0, 0.05) is 24.4 Å². The SMILES string of the molecule is CC1CC1c1noc(CC2CC3CCC(C2)N3)n1. The molecule has 3 fully saturated rings. The number of piperidine rings is 1. The highest BCUT2D eigenvalue weighted by atomic mass is 16.5. The van der Waals surface area contributed by atoms with E-state index in [1.54, 1.807) is 0 Å². The molecule has 1 aromatic rings. The number of rotatable bonds is 3. The number of nitrogens with one attached hydrogen (secondary N) is 1. The van der Waals surface area contributed by atoms with Gasteiger partial charge in [0.1, 0.15) is 0 Å². The molecule has 4 nitrogen and oxygen atoms in total. The summed E-state index contributed by atoms with van der Waals surface area (Å²) in [5, 5.41) is 7.82. The van der Waals surface area contributed by atoms with Gasteiger partial charge in [-0.1, -0.05) is 12.1 Å². The minimum atomic E-state index is 0.576. The van der Waals surface area contributed by atoms with Gasteiger partial charge in [0.05, 0.1) is 0 Å². The normalized spacial score (nSPS) is 42.2. The first kappa shape index (κ1) is 11.0. The monoisotopic (exact) mass is 247 g/mol. The second-order valence-electron chi connectivity index (χ2n) is 6.55. The summed E-state index contributed by atoms with van der Waals surface area (Å²) in [7, 11) is 0. The molecule has 0 aromatic carbocycles. The van der Waals surface area contributed by atoms with Gasteiger partial charge in [0.2, 0.25) is 5.89 Å². The minimum absolute atomic E-state index is 0.576. The van der Waals surface area contributed by atoms with Gasteiger partial charge in [-0.05, 0) is 43.9 Å². The molecule has 3 aliphatic rings. The zero-order chi connectivity index (χ0) is 12.1. The van der Waals surface area contributed by atoms with Gasteiger partial charge in [-0.15, -0.1) is 0 Å². The summed E-state index contributed by atoms with van der Waals surface area (Å²) >= 11 is 0. The van der Waals surface area contributed by atoms with E-state index in [9.17, 15) is 0 Å². The molecule has 4 heteroatoms. The summed E-state index contributed by atoms with van der Waals surface area (Å²) in [6, 6.07) is 1.50. The second kappa shape index (κ2) is 4.05. The van der Waals surface area contributed by atoms with Crippen LogP contribution in [-0.2, 0) is 6.42 Å². The quantitative estimate of drug-likeness (QED) is 0.890. The lowest BCUT2D eigenvalue weighted by Crippen LogP contribution is -2.38. The van der Waals surface area contributed by atoms with Crippen molar-refractivity contribution in [3.8, 4) is 0 Å². The lowest BCUT2D eigenvalue weighted by atomic mass is 9.90. The van der Waals surface area contributed by atoms with E-state index >= 15 is 0 Å². The highest BCUT2D eigenvalue weighted by molar-refractivity contribution is 5.08. The third kappa shape index (κ3) is 1.96. The van der Waals surface area contributed by atoms with Gasteiger partial charge in [0.15, 0.2) is 5.82 Å². The maximum absolute atomic E-state index is 5.43. The Morgan fingerprint density at radius 1 is 1.22 bits per heavy atom. The third-order valence-corrected chi connectivity index (χ3v) is 4.96. The van der Waals surface area contributed by atoms with Gasteiger partial charge >= 0.3 is 0 Å². The van der Waals surface area contributed by atoms with Crippen molar-refractivity contribution < 1.29 is 4.52 Å². The predicted octanol–water partition coefficient (Wildman–Crippen LogP) is 2.27. The summed E-state index contributed by atoms with van der Waals surface area (Å²) in [5.74, 6) is 3.90. The predicted molar refractivity (Wildman–Crippen MR) is 67.2 cm³/mol. The summed E-state index contributed by atoms with van der Waals surface area (Å²) in [6.07, 6.45) is 7.51. The van der Waals surface area contributed by atoms with E-state index in [1.807, 2.05) is 0 Å². The second-order valence-corrected chi connectivity index (χ2v) is 6.55. The molecule has 98 valence electrons. The topological polar surface area (TPSA) is 51.0 Å². The maximum Gasteiger partial charge on any atom is 0.226 e. The van der Waals surface area contributed by atoms with Crippen LogP contribution in [0.25, 0.3) is 0 Å². The van der Waals surface area contributed by atoms with E-state index in [2.05, 4.69) is 22.4 Å². The van der Waals surface area contributed by atoms with Crippen LogP contribution < -0.4 is 5.32 Å². The van der Waals surface area contributed by atoms with Crippen molar-refractivity contribution in [2.45, 2.75) is 63.5 Å². The molecule has 4 rings (SSSR count). The summed E-state index contributed by atoms with van der Waals surface area (Å²) in [5.41, 5.74) is 0. The zero-order valence-corrected chi connectivity index (χ0v) is 10.9. The lowest BCUT2D eigenvalue weighted by Gasteiger charge is -2.28. The Morgan fingerprint density at radius 2 is 1.94 bits per heavy atom. The molecular weight excluding hydrogens is 226 g/mol. The minimum Gasteiger partial charge on any atom is -0.339 e. The van der Waals surface area contributed by atoms with E-state index < -0.39 is 0 Å². The van der Waals surface area contributed by atoms with Crippen molar-refractivity contribution >= 4 is 0 Å². The maximum atomic E-state index is 5.43. The molecule has 2 bridgehead atoms. The number of hydrogen-bond acceptors (Lipinski definition) is 4. The number of nitrogens with zero attached hydrogens (tertiary/aromatic N) is 2. The van der Waals surface area contributed by atoms with Crippen LogP contribution in [0.15, 0.2) is 4.52 Å².